The summed E-state index contributed by atoms with van der Waals surface area (Å²) in [7, 11) is 0. The summed E-state index contributed by atoms with van der Waals surface area (Å²) in [5.74, 6) is 2.82. The van der Waals surface area contributed by atoms with Crippen LogP contribution in [-0.2, 0) is 6.54 Å². The van der Waals surface area contributed by atoms with Gasteiger partial charge in [-0.15, -0.1) is 11.3 Å². The Bertz CT molecular complexity index is 1050. The van der Waals surface area contributed by atoms with E-state index < -0.39 is 0 Å². The van der Waals surface area contributed by atoms with Gasteiger partial charge in [0.05, 0.1) is 11.9 Å². The molecule has 1 fully saturated rings. The minimum Gasteiger partial charge on any atom is -0.438 e. The summed E-state index contributed by atoms with van der Waals surface area (Å²) >= 11 is 1.68. The van der Waals surface area contributed by atoms with E-state index in [1.165, 1.54) is 17.7 Å². The molecule has 152 valence electrons. The number of piperidine rings is 1. The second kappa shape index (κ2) is 8.20. The number of nitrogens with zero attached hydrogens (tertiary/aromatic N) is 3. The maximum absolute atomic E-state index is 11.7. The number of carbonyl (C=O) groups is 1. The number of Topliss-reactive ketones (excluding diaryl/α,β-unsaturated/α-hetero) is 1. The summed E-state index contributed by atoms with van der Waals surface area (Å²) in [5.41, 5.74) is 1.79. The number of fused-ring (bicyclic) bond motifs is 1. The third-order valence-corrected chi connectivity index (χ3v) is 6.84. The molecular formula is C23H27N3O2S. The highest BCUT2D eigenvalue weighted by molar-refractivity contribution is 7.18. The Morgan fingerprint density at radius 3 is 2.72 bits per heavy atom. The van der Waals surface area contributed by atoms with Crippen LogP contribution in [0.4, 0.5) is 0 Å². The zero-order valence-corrected chi connectivity index (χ0v) is 18.3. The highest BCUT2D eigenvalue weighted by atomic mass is 32.1. The van der Waals surface area contributed by atoms with Gasteiger partial charge in [0.1, 0.15) is 16.4 Å². The van der Waals surface area contributed by atoms with Crippen molar-refractivity contribution < 1.29 is 9.53 Å². The Labute approximate surface area is 175 Å². The van der Waals surface area contributed by atoms with E-state index in [4.69, 9.17) is 14.7 Å². The van der Waals surface area contributed by atoms with Crippen molar-refractivity contribution in [1.82, 2.24) is 14.9 Å². The van der Waals surface area contributed by atoms with Crippen LogP contribution in [0.1, 0.15) is 53.3 Å². The number of benzene rings is 1. The number of rotatable bonds is 5. The van der Waals surface area contributed by atoms with Crippen molar-refractivity contribution in [3.05, 3.63) is 46.1 Å². The van der Waals surface area contributed by atoms with Crippen molar-refractivity contribution in [2.75, 3.05) is 13.1 Å². The fourth-order valence-electron chi connectivity index (χ4n) is 3.71. The van der Waals surface area contributed by atoms with Crippen LogP contribution in [0.15, 0.2) is 24.3 Å². The molecule has 0 atom stereocenters. The smallest absolute Gasteiger partial charge is 0.231 e. The van der Waals surface area contributed by atoms with E-state index >= 15 is 0 Å². The predicted octanol–water partition coefficient (Wildman–Crippen LogP) is 5.53. The quantitative estimate of drug-likeness (QED) is 0.518. The lowest BCUT2D eigenvalue weighted by atomic mass is 9.99. The number of thiophene rings is 1. The monoisotopic (exact) mass is 409 g/mol. The molecule has 29 heavy (non-hydrogen) atoms. The number of hydrogen-bond donors (Lipinski definition) is 0. The summed E-state index contributed by atoms with van der Waals surface area (Å²) in [5, 5.41) is 0.969. The molecule has 4 rings (SSSR count). The molecule has 1 aliphatic rings. The summed E-state index contributed by atoms with van der Waals surface area (Å²) in [6, 6.07) is 7.27. The van der Waals surface area contributed by atoms with E-state index in [2.05, 4.69) is 25.7 Å². The fraction of sp³-hybridized carbons (Fsp3) is 0.435. The van der Waals surface area contributed by atoms with Crippen LogP contribution >= 0.6 is 11.3 Å². The second-order valence-electron chi connectivity index (χ2n) is 8.05. The van der Waals surface area contributed by atoms with Crippen molar-refractivity contribution in [2.45, 2.75) is 47.1 Å². The van der Waals surface area contributed by atoms with Gasteiger partial charge in [-0.25, -0.2) is 4.98 Å². The second-order valence-corrected chi connectivity index (χ2v) is 9.26. The lowest BCUT2D eigenvalue weighted by Crippen LogP contribution is -2.32. The van der Waals surface area contributed by atoms with Gasteiger partial charge in [0.2, 0.25) is 5.88 Å². The van der Waals surface area contributed by atoms with Crippen molar-refractivity contribution >= 4 is 27.3 Å². The Hall–Kier alpha value is -2.31. The Morgan fingerprint density at radius 2 is 2.00 bits per heavy atom. The SMILES string of the molecule is CC(=O)c1cccc(Oc2nc(CN3CCC(C)CC3)nc3sc(C)c(C)c23)c1. The normalized spacial score (nSPS) is 15.7. The third-order valence-electron chi connectivity index (χ3n) is 5.74. The first-order valence-electron chi connectivity index (χ1n) is 10.2. The molecule has 3 heterocycles. The Morgan fingerprint density at radius 1 is 1.24 bits per heavy atom. The van der Waals surface area contributed by atoms with Gasteiger partial charge in [-0.3, -0.25) is 9.69 Å². The summed E-state index contributed by atoms with van der Waals surface area (Å²) < 4.78 is 6.21. The Balaban J connectivity index is 1.69. The highest BCUT2D eigenvalue weighted by Crippen LogP contribution is 2.37. The number of carbonyl (C=O) groups excluding carboxylic acids is 1. The number of hydrogen-bond acceptors (Lipinski definition) is 6. The average Bonchev–Trinajstić information content (AvgIpc) is 2.98. The number of ketones is 1. The van der Waals surface area contributed by atoms with Gasteiger partial charge in [-0.05, 0) is 70.3 Å². The molecule has 1 aliphatic heterocycles. The minimum absolute atomic E-state index is 0.0193. The van der Waals surface area contributed by atoms with Crippen LogP contribution in [0.25, 0.3) is 10.2 Å². The molecule has 0 N–H and O–H groups in total. The number of aryl methyl sites for hydroxylation is 2. The molecule has 0 bridgehead atoms. The third kappa shape index (κ3) is 4.33. The van der Waals surface area contributed by atoms with E-state index in [0.717, 1.165) is 47.2 Å². The number of aromatic nitrogens is 2. The first kappa shape index (κ1) is 20.0. The van der Waals surface area contributed by atoms with E-state index in [1.807, 2.05) is 12.1 Å². The lowest BCUT2D eigenvalue weighted by Gasteiger charge is -2.29. The van der Waals surface area contributed by atoms with Crippen LogP contribution in [0.2, 0.25) is 0 Å². The topological polar surface area (TPSA) is 55.3 Å². The molecule has 0 spiro atoms. The largest absolute Gasteiger partial charge is 0.438 e. The standard InChI is InChI=1S/C23H27N3O2S/c1-14-8-10-26(11-9-14)13-20-24-22(21-15(2)17(4)29-23(21)25-20)28-19-7-5-6-18(12-19)16(3)27/h5-7,12,14H,8-11,13H2,1-4H3. The van der Waals surface area contributed by atoms with Gasteiger partial charge in [-0.1, -0.05) is 19.1 Å². The molecule has 1 aromatic carbocycles. The summed E-state index contributed by atoms with van der Waals surface area (Å²) in [6.07, 6.45) is 2.45. The van der Waals surface area contributed by atoms with Crippen LogP contribution in [0, 0.1) is 19.8 Å². The van der Waals surface area contributed by atoms with Gasteiger partial charge in [0.15, 0.2) is 5.78 Å². The molecule has 3 aromatic rings. The van der Waals surface area contributed by atoms with E-state index in [9.17, 15) is 4.79 Å². The maximum Gasteiger partial charge on any atom is 0.231 e. The lowest BCUT2D eigenvalue weighted by molar-refractivity contribution is 0.101. The molecule has 0 saturated carbocycles. The first-order chi connectivity index (χ1) is 13.9. The van der Waals surface area contributed by atoms with Gasteiger partial charge in [-0.2, -0.15) is 4.98 Å². The predicted molar refractivity (Wildman–Crippen MR) is 117 cm³/mol. The van der Waals surface area contributed by atoms with Gasteiger partial charge in [0, 0.05) is 10.4 Å². The molecule has 1 saturated heterocycles. The Kier molecular flexibility index (Phi) is 5.65. The summed E-state index contributed by atoms with van der Waals surface area (Å²) in [6.45, 7) is 11.0. The van der Waals surface area contributed by atoms with Crippen LogP contribution in [0.3, 0.4) is 0 Å². The molecular weight excluding hydrogens is 382 g/mol. The van der Waals surface area contributed by atoms with Crippen molar-refractivity contribution in [3.63, 3.8) is 0 Å². The maximum atomic E-state index is 11.7. The molecule has 0 unspecified atom stereocenters. The van der Waals surface area contributed by atoms with Crippen molar-refractivity contribution in [1.29, 1.82) is 0 Å². The van der Waals surface area contributed by atoms with Gasteiger partial charge < -0.3 is 4.74 Å². The van der Waals surface area contributed by atoms with Crippen molar-refractivity contribution in [2.24, 2.45) is 5.92 Å². The zero-order chi connectivity index (χ0) is 20.5. The fourth-order valence-corrected chi connectivity index (χ4v) is 4.75. The average molecular weight is 410 g/mol. The zero-order valence-electron chi connectivity index (χ0n) is 17.5. The minimum atomic E-state index is 0.0193. The van der Waals surface area contributed by atoms with E-state index in [-0.39, 0.29) is 5.78 Å². The molecule has 2 aromatic heterocycles. The highest BCUT2D eigenvalue weighted by Gasteiger charge is 2.20. The van der Waals surface area contributed by atoms with E-state index in [1.54, 1.807) is 30.4 Å². The first-order valence-corrected chi connectivity index (χ1v) is 11.0. The van der Waals surface area contributed by atoms with Crippen molar-refractivity contribution in [3.8, 4) is 11.6 Å². The molecule has 0 amide bonds. The van der Waals surface area contributed by atoms with Crippen LogP contribution in [-0.4, -0.2) is 33.7 Å². The number of likely N-dealkylation sites (tertiary alicyclic amines) is 1. The van der Waals surface area contributed by atoms with E-state index in [0.29, 0.717) is 17.2 Å². The molecule has 5 nitrogen and oxygen atoms in total. The molecule has 6 heteroatoms. The van der Waals surface area contributed by atoms with Crippen LogP contribution in [0.5, 0.6) is 11.6 Å². The molecule has 0 radical (unpaired) electrons. The van der Waals surface area contributed by atoms with Crippen LogP contribution < -0.4 is 4.74 Å². The number of ether oxygens (including phenoxy) is 1. The summed E-state index contributed by atoms with van der Waals surface area (Å²) in [4.78, 5) is 26.0. The van der Waals surface area contributed by atoms with Gasteiger partial charge >= 0.3 is 0 Å². The molecule has 0 aliphatic carbocycles. The van der Waals surface area contributed by atoms with Gasteiger partial charge in [0.25, 0.3) is 0 Å².